The van der Waals surface area contributed by atoms with Crippen molar-refractivity contribution in [2.45, 2.75) is 6.42 Å². The lowest BCUT2D eigenvalue weighted by atomic mass is 10.2. The number of aromatic nitrogens is 3. The van der Waals surface area contributed by atoms with E-state index in [0.717, 1.165) is 50.9 Å². The molecule has 1 fully saturated rings. The highest BCUT2D eigenvalue weighted by Crippen LogP contribution is 2.33. The topological polar surface area (TPSA) is 48.4 Å². The van der Waals surface area contributed by atoms with Crippen LogP contribution in [-0.4, -0.2) is 59.9 Å². The van der Waals surface area contributed by atoms with Gasteiger partial charge in [0.2, 0.25) is 5.95 Å². The third kappa shape index (κ3) is 2.39. The number of nitrogens with zero attached hydrogens (tertiary/aromatic N) is 6. The Morgan fingerprint density at radius 1 is 1.00 bits per heavy atom. The van der Waals surface area contributed by atoms with E-state index in [2.05, 4.69) is 56.2 Å². The third-order valence-electron chi connectivity index (χ3n) is 4.48. The first-order chi connectivity index (χ1) is 10.8. The van der Waals surface area contributed by atoms with Crippen molar-refractivity contribution in [1.29, 1.82) is 0 Å². The molecule has 22 heavy (non-hydrogen) atoms. The average molecular weight is 296 g/mol. The minimum absolute atomic E-state index is 0.745. The summed E-state index contributed by atoms with van der Waals surface area (Å²) in [5.74, 6) is 1.64. The van der Waals surface area contributed by atoms with Crippen molar-refractivity contribution in [3.8, 4) is 0 Å². The lowest BCUT2D eigenvalue weighted by molar-refractivity contribution is 0.311. The van der Waals surface area contributed by atoms with Crippen LogP contribution < -0.4 is 9.80 Å². The Labute approximate surface area is 130 Å². The summed E-state index contributed by atoms with van der Waals surface area (Å²) in [6.45, 7) is 4.96. The van der Waals surface area contributed by atoms with Crippen molar-refractivity contribution in [2.24, 2.45) is 0 Å². The van der Waals surface area contributed by atoms with Crippen molar-refractivity contribution < 1.29 is 0 Å². The third-order valence-corrected chi connectivity index (χ3v) is 4.48. The lowest BCUT2D eigenvalue weighted by Gasteiger charge is -2.32. The zero-order chi connectivity index (χ0) is 14.9. The number of fused-ring (bicyclic) bond motifs is 1. The van der Waals surface area contributed by atoms with E-state index in [-0.39, 0.29) is 0 Å². The molecule has 0 aliphatic carbocycles. The summed E-state index contributed by atoms with van der Waals surface area (Å²) in [7, 11) is 2.15. The zero-order valence-corrected chi connectivity index (χ0v) is 12.8. The van der Waals surface area contributed by atoms with Gasteiger partial charge in [-0.2, -0.15) is 10.1 Å². The standard InChI is InChI=1S/C16H20N6/c1-20-8-10-21(11-9-20)16-18-15(12-17-19-16)22-7-6-13-4-2-3-5-14(13)22/h2-5,12H,6-11H2,1H3. The largest absolute Gasteiger partial charge is 0.337 e. The van der Waals surface area contributed by atoms with Gasteiger partial charge in [0.05, 0.1) is 6.20 Å². The van der Waals surface area contributed by atoms with Crippen molar-refractivity contribution in [3.05, 3.63) is 36.0 Å². The smallest absolute Gasteiger partial charge is 0.247 e. The first kappa shape index (κ1) is 13.5. The number of rotatable bonds is 2. The van der Waals surface area contributed by atoms with Crippen LogP contribution in [0.1, 0.15) is 5.56 Å². The van der Waals surface area contributed by atoms with Gasteiger partial charge in [0.1, 0.15) is 0 Å². The number of hydrogen-bond acceptors (Lipinski definition) is 6. The number of anilines is 3. The molecule has 0 N–H and O–H groups in total. The van der Waals surface area contributed by atoms with Crippen LogP contribution in [0.5, 0.6) is 0 Å². The molecule has 2 aromatic rings. The molecule has 0 radical (unpaired) electrons. The average Bonchev–Trinajstić information content (AvgIpc) is 3.00. The van der Waals surface area contributed by atoms with E-state index in [1.54, 1.807) is 6.20 Å². The van der Waals surface area contributed by atoms with Gasteiger partial charge >= 0.3 is 0 Å². The molecule has 2 aliphatic heterocycles. The second-order valence-corrected chi connectivity index (χ2v) is 5.94. The number of piperazine rings is 1. The van der Waals surface area contributed by atoms with Crippen molar-refractivity contribution in [1.82, 2.24) is 20.1 Å². The molecule has 4 rings (SSSR count). The van der Waals surface area contributed by atoms with E-state index in [1.807, 2.05) is 0 Å². The first-order valence-electron chi connectivity index (χ1n) is 7.80. The van der Waals surface area contributed by atoms with Gasteiger partial charge in [-0.3, -0.25) is 0 Å². The molecule has 6 nitrogen and oxygen atoms in total. The minimum Gasteiger partial charge on any atom is -0.337 e. The molecule has 3 heterocycles. The summed E-state index contributed by atoms with van der Waals surface area (Å²) < 4.78 is 0. The quantitative estimate of drug-likeness (QED) is 0.833. The molecule has 0 unspecified atom stereocenters. The fraction of sp³-hybridized carbons (Fsp3) is 0.438. The molecule has 6 heteroatoms. The molecule has 1 saturated heterocycles. The number of likely N-dealkylation sites (N-methyl/N-ethyl adjacent to an activating group) is 1. The number of benzene rings is 1. The molecule has 0 amide bonds. The molecule has 0 spiro atoms. The van der Waals surface area contributed by atoms with Crippen LogP contribution in [0.15, 0.2) is 30.5 Å². The maximum Gasteiger partial charge on any atom is 0.247 e. The molecular weight excluding hydrogens is 276 g/mol. The predicted molar refractivity (Wildman–Crippen MR) is 86.7 cm³/mol. The van der Waals surface area contributed by atoms with Crippen LogP contribution in [-0.2, 0) is 6.42 Å². The Kier molecular flexibility index (Phi) is 3.38. The van der Waals surface area contributed by atoms with E-state index >= 15 is 0 Å². The van der Waals surface area contributed by atoms with Crippen LogP contribution in [0.25, 0.3) is 0 Å². The Balaban J connectivity index is 1.60. The van der Waals surface area contributed by atoms with Gasteiger partial charge in [0, 0.05) is 38.4 Å². The van der Waals surface area contributed by atoms with Crippen molar-refractivity contribution in [3.63, 3.8) is 0 Å². The Morgan fingerprint density at radius 3 is 2.68 bits per heavy atom. The van der Waals surface area contributed by atoms with Gasteiger partial charge in [-0.05, 0) is 25.1 Å². The van der Waals surface area contributed by atoms with E-state index in [4.69, 9.17) is 4.98 Å². The second kappa shape index (κ2) is 5.53. The Bertz CT molecular complexity index is 665. The molecule has 2 aliphatic rings. The van der Waals surface area contributed by atoms with Gasteiger partial charge in [-0.25, -0.2) is 0 Å². The molecule has 1 aromatic heterocycles. The Hall–Kier alpha value is -2.21. The first-order valence-corrected chi connectivity index (χ1v) is 7.80. The van der Waals surface area contributed by atoms with Gasteiger partial charge < -0.3 is 14.7 Å². The Morgan fingerprint density at radius 2 is 1.82 bits per heavy atom. The number of para-hydroxylation sites is 1. The van der Waals surface area contributed by atoms with Crippen molar-refractivity contribution >= 4 is 17.5 Å². The SMILES string of the molecule is CN1CCN(c2nncc(N3CCc4ccccc43)n2)CC1. The summed E-state index contributed by atoms with van der Waals surface area (Å²) in [4.78, 5) is 11.5. The van der Waals surface area contributed by atoms with E-state index in [1.165, 1.54) is 11.3 Å². The van der Waals surface area contributed by atoms with Gasteiger partial charge in [0.15, 0.2) is 5.82 Å². The van der Waals surface area contributed by atoms with Gasteiger partial charge in [0.25, 0.3) is 0 Å². The molecule has 0 saturated carbocycles. The fourth-order valence-electron chi connectivity index (χ4n) is 3.13. The summed E-state index contributed by atoms with van der Waals surface area (Å²) >= 11 is 0. The monoisotopic (exact) mass is 296 g/mol. The summed E-state index contributed by atoms with van der Waals surface area (Å²) in [5, 5.41) is 8.42. The van der Waals surface area contributed by atoms with Gasteiger partial charge in [-0.1, -0.05) is 18.2 Å². The fourth-order valence-corrected chi connectivity index (χ4v) is 3.13. The van der Waals surface area contributed by atoms with E-state index in [0.29, 0.717) is 0 Å². The molecular formula is C16H20N6. The highest BCUT2D eigenvalue weighted by molar-refractivity contribution is 5.67. The van der Waals surface area contributed by atoms with E-state index in [9.17, 15) is 0 Å². The summed E-state index contributed by atoms with van der Waals surface area (Å²) in [6, 6.07) is 8.51. The molecule has 0 atom stereocenters. The maximum atomic E-state index is 4.76. The summed E-state index contributed by atoms with van der Waals surface area (Å²) in [6.07, 6.45) is 2.83. The van der Waals surface area contributed by atoms with Crippen LogP contribution in [0.4, 0.5) is 17.5 Å². The summed E-state index contributed by atoms with van der Waals surface area (Å²) in [5.41, 5.74) is 2.62. The lowest BCUT2D eigenvalue weighted by Crippen LogP contribution is -2.45. The van der Waals surface area contributed by atoms with E-state index < -0.39 is 0 Å². The van der Waals surface area contributed by atoms with Crippen LogP contribution >= 0.6 is 0 Å². The normalized spacial score (nSPS) is 18.6. The molecule has 1 aromatic carbocycles. The zero-order valence-electron chi connectivity index (χ0n) is 12.8. The van der Waals surface area contributed by atoms with Crippen molar-refractivity contribution in [2.75, 3.05) is 49.6 Å². The highest BCUT2D eigenvalue weighted by Gasteiger charge is 2.23. The predicted octanol–water partition coefficient (Wildman–Crippen LogP) is 1.32. The number of hydrogen-bond donors (Lipinski definition) is 0. The second-order valence-electron chi connectivity index (χ2n) is 5.94. The van der Waals surface area contributed by atoms with Crippen LogP contribution in [0, 0.1) is 0 Å². The van der Waals surface area contributed by atoms with Gasteiger partial charge in [-0.15, -0.1) is 5.10 Å². The highest BCUT2D eigenvalue weighted by atomic mass is 15.4. The van der Waals surface area contributed by atoms with Crippen LogP contribution in [0.2, 0.25) is 0 Å². The molecule has 0 bridgehead atoms. The minimum atomic E-state index is 0.745. The maximum absolute atomic E-state index is 4.76. The molecule has 114 valence electrons. The van der Waals surface area contributed by atoms with Crippen LogP contribution in [0.3, 0.4) is 0 Å².